The summed E-state index contributed by atoms with van der Waals surface area (Å²) in [7, 11) is 0. The first-order valence-electron chi connectivity index (χ1n) is 7.46. The lowest BCUT2D eigenvalue weighted by molar-refractivity contribution is 0.188. The van der Waals surface area contributed by atoms with Crippen LogP contribution in [0.25, 0.3) is 11.1 Å². The molecular formula is C15H18N4O2. The zero-order chi connectivity index (χ0) is 14.2. The maximum Gasteiger partial charge on any atom is 0.317 e. The molecule has 0 spiro atoms. The fourth-order valence-electron chi connectivity index (χ4n) is 3.21. The molecule has 110 valence electrons. The Morgan fingerprint density at radius 1 is 1.29 bits per heavy atom. The quantitative estimate of drug-likeness (QED) is 0.915. The lowest BCUT2D eigenvalue weighted by Crippen LogP contribution is -2.49. The van der Waals surface area contributed by atoms with E-state index in [1.807, 2.05) is 29.2 Å². The van der Waals surface area contributed by atoms with Crippen molar-refractivity contribution in [1.82, 2.24) is 15.2 Å². The summed E-state index contributed by atoms with van der Waals surface area (Å²) in [4.78, 5) is 20.5. The van der Waals surface area contributed by atoms with Gasteiger partial charge in [0.2, 0.25) is 0 Å². The zero-order valence-corrected chi connectivity index (χ0v) is 11.8. The Morgan fingerprint density at radius 3 is 3.00 bits per heavy atom. The van der Waals surface area contributed by atoms with E-state index in [1.165, 1.54) is 0 Å². The summed E-state index contributed by atoms with van der Waals surface area (Å²) >= 11 is 0. The fourth-order valence-corrected chi connectivity index (χ4v) is 3.21. The lowest BCUT2D eigenvalue weighted by Gasteiger charge is -2.36. The normalized spacial score (nSPS) is 22.9. The van der Waals surface area contributed by atoms with E-state index >= 15 is 0 Å². The van der Waals surface area contributed by atoms with Gasteiger partial charge in [-0.25, -0.2) is 4.79 Å². The van der Waals surface area contributed by atoms with Crippen molar-refractivity contribution < 1.29 is 9.21 Å². The number of piperidine rings is 1. The van der Waals surface area contributed by atoms with Crippen LogP contribution in [0.3, 0.4) is 0 Å². The molecule has 2 amide bonds. The number of oxazole rings is 1. The molecule has 21 heavy (non-hydrogen) atoms. The number of rotatable bonds is 2. The Bertz CT molecular complexity index is 635. The molecule has 1 unspecified atom stereocenters. The minimum absolute atomic E-state index is 0.0550. The number of anilines is 1. The molecule has 2 aliphatic heterocycles. The Morgan fingerprint density at radius 2 is 2.19 bits per heavy atom. The van der Waals surface area contributed by atoms with Crippen LogP contribution in [-0.2, 0) is 0 Å². The molecule has 1 aromatic carbocycles. The van der Waals surface area contributed by atoms with Crippen LogP contribution < -0.4 is 10.2 Å². The average Bonchev–Trinajstić information content (AvgIpc) is 3.13. The molecular weight excluding hydrogens is 268 g/mol. The van der Waals surface area contributed by atoms with Gasteiger partial charge in [0.15, 0.2) is 5.58 Å². The number of carbonyl (C=O) groups excluding carboxylic acids is 1. The number of fused-ring (bicyclic) bond motifs is 1. The summed E-state index contributed by atoms with van der Waals surface area (Å²) in [6, 6.07) is 8.77. The summed E-state index contributed by atoms with van der Waals surface area (Å²) in [5.41, 5.74) is 1.70. The number of nitrogens with zero attached hydrogens (tertiary/aromatic N) is 3. The van der Waals surface area contributed by atoms with Gasteiger partial charge < -0.3 is 19.5 Å². The predicted molar refractivity (Wildman–Crippen MR) is 79.3 cm³/mol. The van der Waals surface area contributed by atoms with E-state index in [9.17, 15) is 4.79 Å². The van der Waals surface area contributed by atoms with Crippen molar-refractivity contribution in [2.45, 2.75) is 18.9 Å². The van der Waals surface area contributed by atoms with Gasteiger partial charge in [-0.15, -0.1) is 0 Å². The molecule has 2 saturated heterocycles. The minimum atomic E-state index is 0.0550. The molecule has 2 fully saturated rings. The molecule has 6 heteroatoms. The average molecular weight is 286 g/mol. The zero-order valence-electron chi connectivity index (χ0n) is 11.8. The van der Waals surface area contributed by atoms with Crippen molar-refractivity contribution in [2.75, 3.05) is 31.1 Å². The van der Waals surface area contributed by atoms with Gasteiger partial charge in [0.1, 0.15) is 5.52 Å². The van der Waals surface area contributed by atoms with Crippen molar-refractivity contribution in [3.63, 3.8) is 0 Å². The van der Waals surface area contributed by atoms with E-state index in [0.717, 1.165) is 50.1 Å². The maximum absolute atomic E-state index is 11.8. The number of benzene rings is 1. The first-order valence-corrected chi connectivity index (χ1v) is 7.46. The molecule has 2 aromatic rings. The Hall–Kier alpha value is -2.24. The molecule has 0 saturated carbocycles. The van der Waals surface area contributed by atoms with E-state index in [-0.39, 0.29) is 12.1 Å². The highest BCUT2D eigenvalue weighted by Crippen LogP contribution is 2.26. The van der Waals surface area contributed by atoms with E-state index in [0.29, 0.717) is 6.01 Å². The number of nitrogens with one attached hydrogen (secondary N) is 1. The molecule has 3 heterocycles. The Labute approximate surface area is 122 Å². The van der Waals surface area contributed by atoms with Gasteiger partial charge in [-0.2, -0.15) is 4.98 Å². The Balaban J connectivity index is 1.56. The van der Waals surface area contributed by atoms with Crippen molar-refractivity contribution in [3.05, 3.63) is 24.3 Å². The summed E-state index contributed by atoms with van der Waals surface area (Å²) in [5, 5.41) is 2.87. The summed E-state index contributed by atoms with van der Waals surface area (Å²) < 4.78 is 5.84. The number of amides is 2. The lowest BCUT2D eigenvalue weighted by atomic mass is 10.1. The molecule has 4 rings (SSSR count). The van der Waals surface area contributed by atoms with E-state index in [4.69, 9.17) is 4.42 Å². The molecule has 6 nitrogen and oxygen atoms in total. The third kappa shape index (κ3) is 2.20. The topological polar surface area (TPSA) is 61.6 Å². The van der Waals surface area contributed by atoms with Gasteiger partial charge in [-0.1, -0.05) is 12.1 Å². The highest BCUT2D eigenvalue weighted by molar-refractivity contribution is 5.77. The SMILES string of the molecule is O=C1NCCN1C1CCCN(c2nc3ccccc3o2)C1. The second kappa shape index (κ2) is 4.95. The van der Waals surface area contributed by atoms with Crippen LogP contribution in [0, 0.1) is 0 Å². The van der Waals surface area contributed by atoms with Gasteiger partial charge in [-0.3, -0.25) is 0 Å². The number of aromatic nitrogens is 1. The standard InChI is InChI=1S/C15H18N4O2/c20-14-16-7-9-19(14)11-4-3-8-18(10-11)15-17-12-5-1-2-6-13(12)21-15/h1-2,5-6,11H,3-4,7-10H2,(H,16,20). The minimum Gasteiger partial charge on any atom is -0.423 e. The van der Waals surface area contributed by atoms with E-state index < -0.39 is 0 Å². The van der Waals surface area contributed by atoms with Crippen LogP contribution in [0.4, 0.5) is 10.8 Å². The Kier molecular flexibility index (Phi) is 2.94. The van der Waals surface area contributed by atoms with Gasteiger partial charge in [0.25, 0.3) is 6.01 Å². The van der Waals surface area contributed by atoms with Crippen molar-refractivity contribution in [2.24, 2.45) is 0 Å². The highest BCUT2D eigenvalue weighted by atomic mass is 16.4. The van der Waals surface area contributed by atoms with Crippen LogP contribution in [0.15, 0.2) is 28.7 Å². The molecule has 1 N–H and O–H groups in total. The van der Waals surface area contributed by atoms with Crippen molar-refractivity contribution in [1.29, 1.82) is 0 Å². The summed E-state index contributed by atoms with van der Waals surface area (Å²) in [5.74, 6) is 0. The van der Waals surface area contributed by atoms with Crippen LogP contribution in [0.2, 0.25) is 0 Å². The molecule has 1 aromatic heterocycles. The fraction of sp³-hybridized carbons (Fsp3) is 0.467. The monoisotopic (exact) mass is 286 g/mol. The van der Waals surface area contributed by atoms with E-state index in [1.54, 1.807) is 0 Å². The maximum atomic E-state index is 11.8. The molecule has 2 aliphatic rings. The smallest absolute Gasteiger partial charge is 0.317 e. The number of hydrogen-bond acceptors (Lipinski definition) is 4. The number of hydrogen-bond donors (Lipinski definition) is 1. The van der Waals surface area contributed by atoms with Crippen LogP contribution >= 0.6 is 0 Å². The van der Waals surface area contributed by atoms with Crippen LogP contribution in [0.5, 0.6) is 0 Å². The third-order valence-corrected chi connectivity index (χ3v) is 4.28. The van der Waals surface area contributed by atoms with Gasteiger partial charge in [0, 0.05) is 26.2 Å². The molecule has 0 radical (unpaired) electrons. The third-order valence-electron chi connectivity index (χ3n) is 4.28. The molecule has 0 aliphatic carbocycles. The summed E-state index contributed by atoms with van der Waals surface area (Å²) in [6.07, 6.45) is 2.09. The second-order valence-corrected chi connectivity index (χ2v) is 5.63. The predicted octanol–water partition coefficient (Wildman–Crippen LogP) is 1.82. The van der Waals surface area contributed by atoms with Crippen molar-refractivity contribution >= 4 is 23.1 Å². The van der Waals surface area contributed by atoms with Gasteiger partial charge in [-0.05, 0) is 25.0 Å². The highest BCUT2D eigenvalue weighted by Gasteiger charge is 2.32. The first-order chi connectivity index (χ1) is 10.3. The van der Waals surface area contributed by atoms with Crippen LogP contribution in [-0.4, -0.2) is 48.1 Å². The van der Waals surface area contributed by atoms with E-state index in [2.05, 4.69) is 15.2 Å². The number of carbonyl (C=O) groups is 1. The molecule has 1 atom stereocenters. The van der Waals surface area contributed by atoms with Gasteiger partial charge >= 0.3 is 6.03 Å². The van der Waals surface area contributed by atoms with Crippen molar-refractivity contribution in [3.8, 4) is 0 Å². The number of para-hydroxylation sites is 2. The molecule has 0 bridgehead atoms. The largest absolute Gasteiger partial charge is 0.423 e. The van der Waals surface area contributed by atoms with Crippen LogP contribution in [0.1, 0.15) is 12.8 Å². The number of urea groups is 1. The van der Waals surface area contributed by atoms with Gasteiger partial charge in [0.05, 0.1) is 6.04 Å². The summed E-state index contributed by atoms with van der Waals surface area (Å²) in [6.45, 7) is 3.27. The first kappa shape index (κ1) is 12.5. The second-order valence-electron chi connectivity index (χ2n) is 5.63.